The molecule has 2 atom stereocenters. The summed E-state index contributed by atoms with van der Waals surface area (Å²) in [6.45, 7) is 1.11. The van der Waals surface area contributed by atoms with Crippen LogP contribution in [0.15, 0.2) is 24.3 Å². The number of carbonyl (C=O) groups excluding carboxylic acids is 1. The number of aliphatic hydroxyl groups is 1. The monoisotopic (exact) mass is 180 g/mol. The van der Waals surface area contributed by atoms with Gasteiger partial charge in [-0.15, -0.1) is 0 Å². The molecule has 1 aliphatic rings. The van der Waals surface area contributed by atoms with E-state index in [4.69, 9.17) is 0 Å². The molecule has 0 unspecified atom stereocenters. The number of hydrogen-bond acceptors (Lipinski definition) is 2. The van der Waals surface area contributed by atoms with Crippen LogP contribution in [0.1, 0.15) is 28.9 Å². The Bertz CT molecular complexity index is 371. The molecule has 3 heteroatoms. The third-order valence-electron chi connectivity index (χ3n) is 2.46. The van der Waals surface area contributed by atoms with Crippen molar-refractivity contribution in [2.75, 3.05) is 0 Å². The number of ketones is 1. The largest absolute Gasteiger partial charge is 0.385 e. The molecule has 68 valence electrons. The quantitative estimate of drug-likeness (QED) is 0.659. The highest BCUT2D eigenvalue weighted by Gasteiger charge is 2.49. The van der Waals surface area contributed by atoms with Crippen molar-refractivity contribution in [2.45, 2.75) is 18.7 Å². The van der Waals surface area contributed by atoms with E-state index in [0.717, 1.165) is 6.92 Å². The predicted molar refractivity (Wildman–Crippen MR) is 45.2 cm³/mol. The summed E-state index contributed by atoms with van der Waals surface area (Å²) >= 11 is 0. The van der Waals surface area contributed by atoms with Crippen LogP contribution in [0.4, 0.5) is 4.39 Å². The molecule has 2 rings (SSSR count). The summed E-state index contributed by atoms with van der Waals surface area (Å²) < 4.78 is 13.6. The van der Waals surface area contributed by atoms with Gasteiger partial charge in [-0.25, -0.2) is 4.39 Å². The second-order valence-corrected chi connectivity index (χ2v) is 3.39. The number of aliphatic hydroxyl groups excluding tert-OH is 1. The summed E-state index contributed by atoms with van der Waals surface area (Å²) in [5.74, 6) is -0.629. The van der Waals surface area contributed by atoms with Crippen LogP contribution in [0.3, 0.4) is 0 Å². The smallest absolute Gasteiger partial charge is 0.203 e. The number of hydrogen-bond donors (Lipinski definition) is 1. The molecule has 1 aromatic rings. The lowest BCUT2D eigenvalue weighted by Gasteiger charge is -2.15. The first-order valence-corrected chi connectivity index (χ1v) is 4.06. The number of alkyl halides is 1. The van der Waals surface area contributed by atoms with Crippen molar-refractivity contribution >= 4 is 5.78 Å². The van der Waals surface area contributed by atoms with Crippen LogP contribution >= 0.6 is 0 Å². The molecule has 1 N–H and O–H groups in total. The molecule has 1 aromatic carbocycles. The van der Waals surface area contributed by atoms with Crippen LogP contribution in [0, 0.1) is 0 Å². The minimum Gasteiger partial charge on any atom is -0.385 e. The number of halogens is 1. The van der Waals surface area contributed by atoms with Crippen molar-refractivity contribution in [2.24, 2.45) is 0 Å². The minimum atomic E-state index is -2.16. The molecule has 2 nitrogen and oxygen atoms in total. The molecular formula is C10H9FO2. The highest BCUT2D eigenvalue weighted by Crippen LogP contribution is 2.41. The van der Waals surface area contributed by atoms with E-state index in [9.17, 15) is 14.3 Å². The Balaban J connectivity index is 2.64. The first kappa shape index (κ1) is 8.38. The number of Topliss-reactive ketones (excluding diaryl/α,β-unsaturated/α-hetero) is 1. The topological polar surface area (TPSA) is 37.3 Å². The molecule has 0 amide bonds. The van der Waals surface area contributed by atoms with Crippen molar-refractivity contribution in [3.8, 4) is 0 Å². The Hall–Kier alpha value is -1.22. The van der Waals surface area contributed by atoms with Gasteiger partial charge in [0.2, 0.25) is 5.78 Å². The number of fused-ring (bicyclic) bond motifs is 1. The summed E-state index contributed by atoms with van der Waals surface area (Å²) in [5, 5.41) is 9.48. The summed E-state index contributed by atoms with van der Waals surface area (Å²) in [6, 6.07) is 6.44. The molecule has 0 fully saturated rings. The van der Waals surface area contributed by atoms with E-state index in [1.54, 1.807) is 18.2 Å². The highest BCUT2D eigenvalue weighted by molar-refractivity contribution is 6.07. The van der Waals surface area contributed by atoms with E-state index in [2.05, 4.69) is 0 Å². The lowest BCUT2D eigenvalue weighted by atomic mass is 10.0. The molecule has 0 radical (unpaired) electrons. The fourth-order valence-corrected chi connectivity index (χ4v) is 1.62. The summed E-state index contributed by atoms with van der Waals surface area (Å²) in [4.78, 5) is 11.4. The summed E-state index contributed by atoms with van der Waals surface area (Å²) in [5.41, 5.74) is -1.48. The van der Waals surface area contributed by atoms with E-state index in [1.165, 1.54) is 6.07 Å². The zero-order chi connectivity index (χ0) is 9.64. The zero-order valence-corrected chi connectivity index (χ0v) is 7.12. The standard InChI is InChI=1S/C10H9FO2/c1-10(11)8(12)6-4-2-3-5-7(6)9(10)13/h2-5,8,12H,1H3/t8-,10+/m1/s1. The fourth-order valence-electron chi connectivity index (χ4n) is 1.62. The molecule has 0 saturated carbocycles. The number of benzene rings is 1. The van der Waals surface area contributed by atoms with Crippen molar-refractivity contribution in [3.63, 3.8) is 0 Å². The molecular weight excluding hydrogens is 171 g/mol. The zero-order valence-electron chi connectivity index (χ0n) is 7.12. The lowest BCUT2D eigenvalue weighted by Crippen LogP contribution is -2.30. The average Bonchev–Trinajstić information content (AvgIpc) is 2.30. The van der Waals surface area contributed by atoms with Gasteiger partial charge in [0.05, 0.1) is 0 Å². The van der Waals surface area contributed by atoms with Crippen LogP contribution in [0.2, 0.25) is 0 Å². The molecule has 13 heavy (non-hydrogen) atoms. The van der Waals surface area contributed by atoms with Gasteiger partial charge >= 0.3 is 0 Å². The Morgan fingerprint density at radius 1 is 1.46 bits per heavy atom. The second kappa shape index (κ2) is 2.39. The van der Waals surface area contributed by atoms with Crippen LogP contribution in [0.25, 0.3) is 0 Å². The Morgan fingerprint density at radius 3 is 2.69 bits per heavy atom. The van der Waals surface area contributed by atoms with E-state index >= 15 is 0 Å². The van der Waals surface area contributed by atoms with Gasteiger partial charge in [-0.3, -0.25) is 4.79 Å². The van der Waals surface area contributed by atoms with Crippen LogP contribution in [0.5, 0.6) is 0 Å². The van der Waals surface area contributed by atoms with Gasteiger partial charge in [0, 0.05) is 5.56 Å². The van der Waals surface area contributed by atoms with Crippen LogP contribution in [-0.4, -0.2) is 16.6 Å². The van der Waals surface area contributed by atoms with Crippen LogP contribution < -0.4 is 0 Å². The maximum atomic E-state index is 13.6. The van der Waals surface area contributed by atoms with Gasteiger partial charge in [0.25, 0.3) is 0 Å². The summed E-state index contributed by atoms with van der Waals surface area (Å²) in [7, 11) is 0. The van der Waals surface area contributed by atoms with Gasteiger partial charge in [-0.05, 0) is 12.5 Å². The first-order chi connectivity index (χ1) is 6.05. The molecule has 0 aliphatic heterocycles. The first-order valence-electron chi connectivity index (χ1n) is 4.06. The van der Waals surface area contributed by atoms with E-state index in [1.807, 2.05) is 0 Å². The normalized spacial score (nSPS) is 31.9. The SMILES string of the molecule is C[C@@]1(F)C(=O)c2ccccc2[C@H]1O. The number of carbonyl (C=O) groups is 1. The Labute approximate surface area is 75.0 Å². The highest BCUT2D eigenvalue weighted by atomic mass is 19.1. The predicted octanol–water partition coefficient (Wildman–Crippen LogP) is 1.64. The lowest BCUT2D eigenvalue weighted by molar-refractivity contribution is 0.0197. The number of rotatable bonds is 0. The molecule has 0 aromatic heterocycles. The van der Waals surface area contributed by atoms with Crippen LogP contribution in [-0.2, 0) is 0 Å². The van der Waals surface area contributed by atoms with E-state index in [0.29, 0.717) is 11.1 Å². The Morgan fingerprint density at radius 2 is 2.08 bits per heavy atom. The van der Waals surface area contributed by atoms with Crippen molar-refractivity contribution in [3.05, 3.63) is 35.4 Å². The minimum absolute atomic E-state index is 0.292. The Kier molecular flexibility index (Phi) is 1.54. The second-order valence-electron chi connectivity index (χ2n) is 3.39. The van der Waals surface area contributed by atoms with Gasteiger partial charge in [-0.1, -0.05) is 24.3 Å². The molecule has 0 heterocycles. The van der Waals surface area contributed by atoms with Crippen molar-refractivity contribution < 1.29 is 14.3 Å². The van der Waals surface area contributed by atoms with Crippen molar-refractivity contribution in [1.82, 2.24) is 0 Å². The maximum absolute atomic E-state index is 13.6. The van der Waals surface area contributed by atoms with Gasteiger partial charge in [0.1, 0.15) is 6.10 Å². The summed E-state index contributed by atoms with van der Waals surface area (Å²) in [6.07, 6.45) is -1.32. The van der Waals surface area contributed by atoms with E-state index in [-0.39, 0.29) is 0 Å². The fraction of sp³-hybridized carbons (Fsp3) is 0.300. The van der Waals surface area contributed by atoms with E-state index < -0.39 is 17.6 Å². The molecule has 0 saturated heterocycles. The molecule has 0 spiro atoms. The van der Waals surface area contributed by atoms with Gasteiger partial charge in [0.15, 0.2) is 5.67 Å². The molecule has 0 bridgehead atoms. The van der Waals surface area contributed by atoms with Gasteiger partial charge < -0.3 is 5.11 Å². The third kappa shape index (κ3) is 0.937. The maximum Gasteiger partial charge on any atom is 0.203 e. The third-order valence-corrected chi connectivity index (χ3v) is 2.46. The average molecular weight is 180 g/mol. The van der Waals surface area contributed by atoms with Crippen molar-refractivity contribution in [1.29, 1.82) is 0 Å². The molecule has 1 aliphatic carbocycles. The van der Waals surface area contributed by atoms with Gasteiger partial charge in [-0.2, -0.15) is 0 Å².